The smallest absolute Gasteiger partial charge is 0.225 e. The van der Waals surface area contributed by atoms with Crippen LogP contribution in [0.3, 0.4) is 0 Å². The SMILES string of the molecule is Cc1sc[n+](C(CO)C(O)c2ccccc2)c1C. The van der Waals surface area contributed by atoms with Crippen LogP contribution in [0.25, 0.3) is 0 Å². The number of benzene rings is 1. The lowest BCUT2D eigenvalue weighted by Crippen LogP contribution is -2.45. The minimum absolute atomic E-state index is 0.0856. The van der Waals surface area contributed by atoms with Gasteiger partial charge in [0.15, 0.2) is 5.69 Å². The number of nitrogens with zero attached hydrogens (tertiary/aromatic N) is 1. The number of aromatic nitrogens is 1. The first kappa shape index (κ1) is 13.2. The summed E-state index contributed by atoms with van der Waals surface area (Å²) < 4.78 is 1.96. The lowest BCUT2D eigenvalue weighted by Gasteiger charge is -2.16. The number of hydrogen-bond donors (Lipinski definition) is 2. The van der Waals surface area contributed by atoms with Crippen LogP contribution in [0.4, 0.5) is 0 Å². The normalized spacial score (nSPS) is 14.4. The van der Waals surface area contributed by atoms with Gasteiger partial charge in [-0.25, -0.2) is 0 Å². The molecule has 1 aromatic heterocycles. The third-order valence-electron chi connectivity index (χ3n) is 3.29. The number of thiazole rings is 1. The third kappa shape index (κ3) is 2.46. The average molecular weight is 264 g/mol. The van der Waals surface area contributed by atoms with Crippen LogP contribution in [0.2, 0.25) is 0 Å². The molecule has 0 spiro atoms. The zero-order valence-corrected chi connectivity index (χ0v) is 11.4. The molecule has 96 valence electrons. The fourth-order valence-electron chi connectivity index (χ4n) is 2.02. The molecular weight excluding hydrogens is 246 g/mol. The van der Waals surface area contributed by atoms with Gasteiger partial charge in [0.25, 0.3) is 0 Å². The van der Waals surface area contributed by atoms with Crippen molar-refractivity contribution in [1.29, 1.82) is 0 Å². The van der Waals surface area contributed by atoms with Crippen molar-refractivity contribution in [3.63, 3.8) is 0 Å². The summed E-state index contributed by atoms with van der Waals surface area (Å²) in [6.07, 6.45) is -0.700. The molecule has 2 aromatic rings. The Labute approximate surface area is 111 Å². The molecule has 0 fully saturated rings. The monoisotopic (exact) mass is 264 g/mol. The number of rotatable bonds is 4. The van der Waals surface area contributed by atoms with Gasteiger partial charge < -0.3 is 10.2 Å². The predicted molar refractivity (Wildman–Crippen MR) is 71.5 cm³/mol. The Bertz CT molecular complexity index is 510. The van der Waals surface area contributed by atoms with Crippen LogP contribution in [0, 0.1) is 13.8 Å². The first-order chi connectivity index (χ1) is 8.65. The van der Waals surface area contributed by atoms with Crippen LogP contribution >= 0.6 is 11.3 Å². The molecular formula is C14H18NO2S+. The molecule has 0 bridgehead atoms. The van der Waals surface area contributed by atoms with Crippen molar-refractivity contribution in [2.24, 2.45) is 0 Å². The van der Waals surface area contributed by atoms with E-state index in [0.717, 1.165) is 11.3 Å². The molecule has 2 N–H and O–H groups in total. The van der Waals surface area contributed by atoms with Gasteiger partial charge in [-0.15, -0.1) is 0 Å². The van der Waals surface area contributed by atoms with Gasteiger partial charge in [0, 0.05) is 6.92 Å². The van der Waals surface area contributed by atoms with E-state index in [2.05, 4.69) is 0 Å². The molecule has 0 radical (unpaired) electrons. The minimum atomic E-state index is -0.700. The van der Waals surface area contributed by atoms with E-state index >= 15 is 0 Å². The zero-order chi connectivity index (χ0) is 13.1. The molecule has 3 nitrogen and oxygen atoms in total. The summed E-state index contributed by atoms with van der Waals surface area (Å²) in [6, 6.07) is 9.12. The van der Waals surface area contributed by atoms with E-state index in [1.165, 1.54) is 4.88 Å². The van der Waals surface area contributed by atoms with E-state index in [-0.39, 0.29) is 12.6 Å². The van der Waals surface area contributed by atoms with Crippen molar-refractivity contribution < 1.29 is 14.8 Å². The second-order valence-electron chi connectivity index (χ2n) is 4.38. The zero-order valence-electron chi connectivity index (χ0n) is 10.6. The summed E-state index contributed by atoms with van der Waals surface area (Å²) >= 11 is 1.63. The summed E-state index contributed by atoms with van der Waals surface area (Å²) in [6.45, 7) is 3.96. The molecule has 2 atom stereocenters. The van der Waals surface area contributed by atoms with Gasteiger partial charge in [-0.3, -0.25) is 0 Å². The molecule has 18 heavy (non-hydrogen) atoms. The number of aliphatic hydroxyl groups excluding tert-OH is 2. The van der Waals surface area contributed by atoms with Gasteiger partial charge in [0.05, 0.1) is 4.88 Å². The van der Waals surface area contributed by atoms with Crippen molar-refractivity contribution in [3.05, 3.63) is 52.0 Å². The maximum Gasteiger partial charge on any atom is 0.225 e. The molecule has 2 unspecified atom stereocenters. The van der Waals surface area contributed by atoms with E-state index in [1.54, 1.807) is 11.3 Å². The number of aryl methyl sites for hydroxylation is 1. The van der Waals surface area contributed by atoms with Crippen LogP contribution in [0.15, 0.2) is 35.8 Å². The average Bonchev–Trinajstić information content (AvgIpc) is 2.73. The molecule has 0 aliphatic carbocycles. The maximum absolute atomic E-state index is 10.4. The molecule has 0 aliphatic rings. The summed E-state index contributed by atoms with van der Waals surface area (Å²) in [5.41, 5.74) is 3.87. The summed E-state index contributed by atoms with van der Waals surface area (Å²) in [5.74, 6) is 0. The third-order valence-corrected chi connectivity index (χ3v) is 4.27. The van der Waals surface area contributed by atoms with E-state index in [0.29, 0.717) is 0 Å². The summed E-state index contributed by atoms with van der Waals surface area (Å²) in [7, 11) is 0. The Morgan fingerprint density at radius 1 is 1.22 bits per heavy atom. The van der Waals surface area contributed by atoms with Crippen LogP contribution in [-0.2, 0) is 0 Å². The van der Waals surface area contributed by atoms with Gasteiger partial charge in [0.1, 0.15) is 12.7 Å². The lowest BCUT2D eigenvalue weighted by atomic mass is 10.0. The Kier molecular flexibility index (Phi) is 4.11. The van der Waals surface area contributed by atoms with Gasteiger partial charge in [-0.2, -0.15) is 4.57 Å². The summed E-state index contributed by atoms with van der Waals surface area (Å²) in [5, 5.41) is 20.0. The minimum Gasteiger partial charge on any atom is -0.389 e. The molecule has 0 saturated heterocycles. The van der Waals surface area contributed by atoms with E-state index in [9.17, 15) is 10.2 Å². The number of hydrogen-bond acceptors (Lipinski definition) is 3. The second kappa shape index (κ2) is 5.61. The second-order valence-corrected chi connectivity index (χ2v) is 5.44. The standard InChI is InChI=1S/C14H18NO2S/c1-10-11(2)18-9-15(10)13(8-16)14(17)12-6-4-3-5-7-12/h3-7,9,13-14,16-17H,8H2,1-2H3/q+1. The fraction of sp³-hybridized carbons (Fsp3) is 0.357. The Morgan fingerprint density at radius 3 is 2.39 bits per heavy atom. The van der Waals surface area contributed by atoms with Crippen molar-refractivity contribution >= 4 is 11.3 Å². The molecule has 0 amide bonds. The highest BCUT2D eigenvalue weighted by atomic mass is 32.1. The lowest BCUT2D eigenvalue weighted by molar-refractivity contribution is -0.734. The first-order valence-electron chi connectivity index (χ1n) is 5.95. The van der Waals surface area contributed by atoms with Crippen molar-refractivity contribution in [3.8, 4) is 0 Å². The largest absolute Gasteiger partial charge is 0.389 e. The van der Waals surface area contributed by atoms with Crippen LogP contribution in [0.5, 0.6) is 0 Å². The fourth-order valence-corrected chi connectivity index (χ4v) is 2.88. The van der Waals surface area contributed by atoms with Crippen molar-refractivity contribution in [2.75, 3.05) is 6.61 Å². The van der Waals surface area contributed by atoms with E-state index < -0.39 is 6.10 Å². The van der Waals surface area contributed by atoms with Gasteiger partial charge in [0.2, 0.25) is 11.6 Å². The van der Waals surface area contributed by atoms with E-state index in [4.69, 9.17) is 0 Å². The maximum atomic E-state index is 10.4. The van der Waals surface area contributed by atoms with Gasteiger partial charge in [-0.05, 0) is 12.5 Å². The topological polar surface area (TPSA) is 44.3 Å². The van der Waals surface area contributed by atoms with E-state index in [1.807, 2.05) is 54.3 Å². The first-order valence-corrected chi connectivity index (χ1v) is 6.82. The van der Waals surface area contributed by atoms with Crippen LogP contribution < -0.4 is 4.57 Å². The highest BCUT2D eigenvalue weighted by Gasteiger charge is 2.31. The molecule has 4 heteroatoms. The van der Waals surface area contributed by atoms with Crippen LogP contribution in [-0.4, -0.2) is 16.8 Å². The molecule has 1 aromatic carbocycles. The molecule has 0 saturated carbocycles. The number of aliphatic hydroxyl groups is 2. The van der Waals surface area contributed by atoms with Crippen LogP contribution in [0.1, 0.15) is 28.3 Å². The molecule has 2 rings (SSSR count). The molecule has 1 heterocycles. The van der Waals surface area contributed by atoms with Gasteiger partial charge >= 0.3 is 0 Å². The Balaban J connectivity index is 2.32. The Morgan fingerprint density at radius 2 is 1.89 bits per heavy atom. The Hall–Kier alpha value is -1.23. The highest BCUT2D eigenvalue weighted by molar-refractivity contribution is 7.09. The quantitative estimate of drug-likeness (QED) is 0.829. The molecule has 0 aliphatic heterocycles. The highest BCUT2D eigenvalue weighted by Crippen LogP contribution is 2.23. The van der Waals surface area contributed by atoms with Crippen molar-refractivity contribution in [2.45, 2.75) is 26.0 Å². The summed E-state index contributed by atoms with van der Waals surface area (Å²) in [4.78, 5) is 1.20. The van der Waals surface area contributed by atoms with Gasteiger partial charge in [-0.1, -0.05) is 41.7 Å². The predicted octanol–water partition coefficient (Wildman–Crippen LogP) is 1.92. The van der Waals surface area contributed by atoms with Crippen molar-refractivity contribution in [1.82, 2.24) is 0 Å².